The lowest BCUT2D eigenvalue weighted by Crippen LogP contribution is -2.32. The van der Waals surface area contributed by atoms with Crippen LogP contribution in [0.2, 0.25) is 0 Å². The summed E-state index contributed by atoms with van der Waals surface area (Å²) in [5.74, 6) is -0.0950. The molecule has 2 heteroatoms. The van der Waals surface area contributed by atoms with E-state index in [9.17, 15) is 4.79 Å². The van der Waals surface area contributed by atoms with E-state index in [0.29, 0.717) is 13.0 Å². The van der Waals surface area contributed by atoms with Crippen LogP contribution in [0, 0.1) is 10.8 Å². The summed E-state index contributed by atoms with van der Waals surface area (Å²) in [6.07, 6.45) is 0.490. The van der Waals surface area contributed by atoms with Crippen LogP contribution in [0.5, 0.6) is 0 Å². The minimum Gasteiger partial charge on any atom is -0.466 e. The molecule has 0 saturated carbocycles. The lowest BCUT2D eigenvalue weighted by Gasteiger charge is -2.37. The fourth-order valence-electron chi connectivity index (χ4n) is 0.838. The Morgan fingerprint density at radius 1 is 1.15 bits per heavy atom. The normalized spacial score (nSPS) is 12.8. The fraction of sp³-hybridized carbons (Fsp3) is 0.909. The van der Waals surface area contributed by atoms with Crippen molar-refractivity contribution in [3.63, 3.8) is 0 Å². The summed E-state index contributed by atoms with van der Waals surface area (Å²) in [6, 6.07) is 0. The molecule has 0 N–H and O–H groups in total. The van der Waals surface area contributed by atoms with Crippen LogP contribution in [0.25, 0.3) is 0 Å². The van der Waals surface area contributed by atoms with Gasteiger partial charge in [0, 0.05) is 0 Å². The highest BCUT2D eigenvalue weighted by atomic mass is 16.5. The quantitative estimate of drug-likeness (QED) is 0.633. The summed E-state index contributed by atoms with van der Waals surface area (Å²) in [5.41, 5.74) is 0.110. The van der Waals surface area contributed by atoms with Gasteiger partial charge in [0.15, 0.2) is 0 Å². The Kier molecular flexibility index (Phi) is 3.95. The number of ether oxygens (including phenoxy) is 1. The third-order valence-corrected chi connectivity index (χ3v) is 2.92. The summed E-state index contributed by atoms with van der Waals surface area (Å²) in [5, 5.41) is 0. The Morgan fingerprint density at radius 3 is 1.92 bits per heavy atom. The topological polar surface area (TPSA) is 26.3 Å². The van der Waals surface area contributed by atoms with E-state index in [1.54, 1.807) is 0 Å². The summed E-state index contributed by atoms with van der Waals surface area (Å²) in [7, 11) is 0. The number of rotatable bonds is 3. The van der Waals surface area contributed by atoms with Gasteiger partial charge in [-0.25, -0.2) is 0 Å². The van der Waals surface area contributed by atoms with Crippen LogP contribution in [0.3, 0.4) is 0 Å². The van der Waals surface area contributed by atoms with E-state index >= 15 is 0 Å². The predicted molar refractivity (Wildman–Crippen MR) is 54.5 cm³/mol. The van der Waals surface area contributed by atoms with Crippen molar-refractivity contribution in [3.05, 3.63) is 0 Å². The van der Waals surface area contributed by atoms with Crippen molar-refractivity contribution in [2.75, 3.05) is 6.61 Å². The molecule has 0 aliphatic rings. The van der Waals surface area contributed by atoms with Crippen LogP contribution in [0.4, 0.5) is 0 Å². The van der Waals surface area contributed by atoms with Gasteiger partial charge >= 0.3 is 5.97 Å². The van der Waals surface area contributed by atoms with E-state index in [-0.39, 0.29) is 16.8 Å². The zero-order chi connectivity index (χ0) is 10.7. The van der Waals surface area contributed by atoms with Gasteiger partial charge in [-0.3, -0.25) is 4.79 Å². The Bertz CT molecular complexity index is 175. The second-order valence-corrected chi connectivity index (χ2v) is 5.12. The van der Waals surface area contributed by atoms with Crippen molar-refractivity contribution >= 4 is 5.97 Å². The summed E-state index contributed by atoms with van der Waals surface area (Å²) in [6.45, 7) is 12.9. The van der Waals surface area contributed by atoms with Crippen molar-refractivity contribution in [3.8, 4) is 0 Å². The number of hydrogen-bond acceptors (Lipinski definition) is 2. The highest BCUT2D eigenvalue weighted by molar-refractivity contribution is 5.70. The molecule has 0 aliphatic heterocycles. The first kappa shape index (κ1) is 12.5. The molecule has 0 fully saturated rings. The van der Waals surface area contributed by atoms with E-state index in [1.165, 1.54) is 0 Å². The number of carbonyl (C=O) groups is 1. The third-order valence-electron chi connectivity index (χ3n) is 2.92. The van der Waals surface area contributed by atoms with Crippen molar-refractivity contribution < 1.29 is 9.53 Å². The van der Waals surface area contributed by atoms with Crippen LogP contribution in [-0.2, 0) is 9.53 Å². The van der Waals surface area contributed by atoms with Crippen LogP contribution in [0.1, 0.15) is 48.0 Å². The predicted octanol–water partition coefficient (Wildman–Crippen LogP) is 3.01. The van der Waals surface area contributed by atoms with E-state index < -0.39 is 0 Å². The second-order valence-electron chi connectivity index (χ2n) is 5.12. The maximum Gasteiger partial charge on any atom is 0.306 e. The molecular formula is C11H22O2. The number of carbonyl (C=O) groups excluding carboxylic acids is 1. The maximum atomic E-state index is 11.3. The monoisotopic (exact) mass is 186 g/mol. The Hall–Kier alpha value is -0.530. The highest BCUT2D eigenvalue weighted by Gasteiger charge is 2.35. The molecule has 0 spiro atoms. The molecule has 0 rings (SSSR count). The highest BCUT2D eigenvalue weighted by Crippen LogP contribution is 2.40. The molecule has 0 aromatic rings. The van der Waals surface area contributed by atoms with Crippen molar-refractivity contribution in [2.24, 2.45) is 10.8 Å². The first-order valence-corrected chi connectivity index (χ1v) is 4.86. The molecule has 0 radical (unpaired) electrons. The molecule has 13 heavy (non-hydrogen) atoms. The smallest absolute Gasteiger partial charge is 0.306 e. The standard InChI is InChI=1S/C11H22O2/c1-7-13-9(12)8-11(5,6)10(2,3)4/h7-8H2,1-6H3. The van der Waals surface area contributed by atoms with Crippen molar-refractivity contribution in [1.82, 2.24) is 0 Å². The first-order valence-electron chi connectivity index (χ1n) is 4.86. The molecule has 78 valence electrons. The van der Waals surface area contributed by atoms with Gasteiger partial charge in [-0.2, -0.15) is 0 Å². The molecule has 2 nitrogen and oxygen atoms in total. The second kappa shape index (κ2) is 4.12. The summed E-state index contributed by atoms with van der Waals surface area (Å²) >= 11 is 0. The van der Waals surface area contributed by atoms with Gasteiger partial charge in [0.25, 0.3) is 0 Å². The van der Waals surface area contributed by atoms with Gasteiger partial charge in [0.2, 0.25) is 0 Å². The fourth-order valence-corrected chi connectivity index (χ4v) is 0.838. The van der Waals surface area contributed by atoms with Gasteiger partial charge in [-0.05, 0) is 17.8 Å². The zero-order valence-corrected chi connectivity index (χ0v) is 9.73. The van der Waals surface area contributed by atoms with Gasteiger partial charge in [-0.1, -0.05) is 34.6 Å². The summed E-state index contributed by atoms with van der Waals surface area (Å²) < 4.78 is 4.93. The van der Waals surface area contributed by atoms with E-state index in [4.69, 9.17) is 4.74 Å². The number of esters is 1. The molecular weight excluding hydrogens is 164 g/mol. The molecule has 0 amide bonds. The minimum atomic E-state index is -0.0950. The largest absolute Gasteiger partial charge is 0.466 e. The first-order chi connectivity index (χ1) is 5.70. The third kappa shape index (κ3) is 3.79. The molecule has 0 bridgehead atoms. The molecule has 0 aromatic heterocycles. The van der Waals surface area contributed by atoms with Gasteiger partial charge < -0.3 is 4.74 Å². The Morgan fingerprint density at radius 2 is 1.62 bits per heavy atom. The molecule has 0 heterocycles. The van der Waals surface area contributed by atoms with E-state index in [0.717, 1.165) is 0 Å². The lowest BCUT2D eigenvalue weighted by atomic mass is 9.67. The average Bonchev–Trinajstić information content (AvgIpc) is 1.83. The van der Waals surface area contributed by atoms with Gasteiger partial charge in [0.1, 0.15) is 0 Å². The van der Waals surface area contributed by atoms with Crippen LogP contribution >= 0.6 is 0 Å². The molecule has 0 saturated heterocycles. The Balaban J connectivity index is 4.26. The molecule has 0 atom stereocenters. The van der Waals surface area contributed by atoms with Gasteiger partial charge in [-0.15, -0.1) is 0 Å². The van der Waals surface area contributed by atoms with Crippen molar-refractivity contribution in [1.29, 1.82) is 0 Å². The zero-order valence-electron chi connectivity index (χ0n) is 9.73. The molecule has 0 unspecified atom stereocenters. The van der Waals surface area contributed by atoms with Gasteiger partial charge in [0.05, 0.1) is 13.0 Å². The van der Waals surface area contributed by atoms with Crippen LogP contribution in [-0.4, -0.2) is 12.6 Å². The maximum absolute atomic E-state index is 11.3. The molecule has 0 aliphatic carbocycles. The van der Waals surface area contributed by atoms with E-state index in [2.05, 4.69) is 34.6 Å². The lowest BCUT2D eigenvalue weighted by molar-refractivity contribution is -0.147. The Labute approximate surface area is 81.7 Å². The van der Waals surface area contributed by atoms with Crippen molar-refractivity contribution in [2.45, 2.75) is 48.0 Å². The van der Waals surface area contributed by atoms with E-state index in [1.807, 2.05) is 6.92 Å². The minimum absolute atomic E-state index is 0.0146. The SMILES string of the molecule is CCOC(=O)CC(C)(C)C(C)(C)C. The van der Waals surface area contributed by atoms with Crippen LogP contribution < -0.4 is 0 Å². The summed E-state index contributed by atoms with van der Waals surface area (Å²) in [4.78, 5) is 11.3. The van der Waals surface area contributed by atoms with Crippen LogP contribution in [0.15, 0.2) is 0 Å². The number of hydrogen-bond donors (Lipinski definition) is 0. The molecule has 0 aromatic carbocycles. The average molecular weight is 186 g/mol.